The summed E-state index contributed by atoms with van der Waals surface area (Å²) in [5, 5.41) is -0.492. The van der Waals surface area contributed by atoms with Crippen LogP contribution in [0.4, 0.5) is 17.6 Å². The fraction of sp³-hybridized carbons (Fsp3) is 0.231. The molecule has 0 aliphatic rings. The predicted octanol–water partition coefficient (Wildman–Crippen LogP) is 1.69. The van der Waals surface area contributed by atoms with E-state index in [1.54, 1.807) is 0 Å². The average Bonchev–Trinajstić information content (AvgIpc) is 2.45. The van der Waals surface area contributed by atoms with Gasteiger partial charge in [-0.1, -0.05) is 11.6 Å². The molecule has 13 heteroatoms. The second kappa shape index (κ2) is 6.43. The van der Waals surface area contributed by atoms with E-state index < -0.39 is 55.5 Å². The van der Waals surface area contributed by atoms with E-state index in [4.69, 9.17) is 11.6 Å². The molecule has 0 saturated carbocycles. The summed E-state index contributed by atoms with van der Waals surface area (Å²) >= 11 is 5.64. The zero-order valence-electron chi connectivity index (χ0n) is 13.0. The molecule has 1 aromatic carbocycles. The molecule has 1 heterocycles. The van der Waals surface area contributed by atoms with Gasteiger partial charge in [-0.25, -0.2) is 13.8 Å². The molecule has 0 unspecified atom stereocenters. The molecule has 0 spiro atoms. The van der Waals surface area contributed by atoms with Crippen LogP contribution < -0.4 is 15.4 Å². The van der Waals surface area contributed by atoms with Gasteiger partial charge in [0.05, 0.1) is 17.0 Å². The molecule has 2 rings (SSSR count). The molecule has 0 aliphatic heterocycles. The summed E-state index contributed by atoms with van der Waals surface area (Å²) in [4.78, 5) is 24.1. The molecule has 0 amide bonds. The second-order valence-corrected chi connectivity index (χ2v) is 7.05. The molecule has 0 aliphatic carbocycles. The highest BCUT2D eigenvalue weighted by Crippen LogP contribution is 2.30. The molecule has 0 radical (unpaired) electrons. The van der Waals surface area contributed by atoms with E-state index >= 15 is 0 Å². The first-order chi connectivity index (χ1) is 11.7. The number of halogens is 5. The molecule has 1 aromatic heterocycles. The summed E-state index contributed by atoms with van der Waals surface area (Å²) < 4.78 is 79.8. The Labute approximate surface area is 148 Å². The highest BCUT2D eigenvalue weighted by Gasteiger charge is 2.35. The second-order valence-electron chi connectivity index (χ2n) is 5.06. The Morgan fingerprint density at radius 2 is 1.73 bits per heavy atom. The van der Waals surface area contributed by atoms with Gasteiger partial charge in [0.15, 0.2) is 5.75 Å². The molecule has 0 fully saturated rings. The Balaban J connectivity index is 2.82. The quantitative estimate of drug-likeness (QED) is 0.561. The minimum Gasteiger partial charge on any atom is -0.381 e. The molecule has 0 bridgehead atoms. The van der Waals surface area contributed by atoms with Crippen molar-refractivity contribution in [3.8, 4) is 11.4 Å². The van der Waals surface area contributed by atoms with E-state index in [1.807, 2.05) is 0 Å². The van der Waals surface area contributed by atoms with Crippen molar-refractivity contribution in [1.82, 2.24) is 9.13 Å². The Hall–Kier alpha value is -2.34. The van der Waals surface area contributed by atoms with Crippen LogP contribution in [-0.2, 0) is 23.3 Å². The minimum absolute atomic E-state index is 0.0933. The number of nitrogens with zero attached hydrogens (tertiary/aromatic N) is 2. The first-order valence-corrected chi connectivity index (χ1v) is 8.71. The highest BCUT2D eigenvalue weighted by molar-refractivity contribution is 7.86. The van der Waals surface area contributed by atoms with Gasteiger partial charge >= 0.3 is 22.0 Å². The van der Waals surface area contributed by atoms with Gasteiger partial charge in [-0.2, -0.15) is 21.6 Å². The van der Waals surface area contributed by atoms with E-state index in [0.29, 0.717) is 18.4 Å². The van der Waals surface area contributed by atoms with Crippen molar-refractivity contribution >= 4 is 21.7 Å². The Morgan fingerprint density at radius 3 is 2.23 bits per heavy atom. The number of benzene rings is 1. The number of hydrogen-bond donors (Lipinski definition) is 0. The Kier molecular flexibility index (Phi) is 4.94. The van der Waals surface area contributed by atoms with Gasteiger partial charge in [0.2, 0.25) is 0 Å². The van der Waals surface area contributed by atoms with Crippen molar-refractivity contribution in [2.24, 2.45) is 7.05 Å². The lowest BCUT2D eigenvalue weighted by atomic mass is 10.2. The van der Waals surface area contributed by atoms with Crippen LogP contribution in [-0.4, -0.2) is 23.8 Å². The summed E-state index contributed by atoms with van der Waals surface area (Å²) in [6, 6.07) is 1.28. The molecular formula is C13H9ClF4N2O5S. The van der Waals surface area contributed by atoms with Gasteiger partial charge in [-0.3, -0.25) is 9.36 Å². The van der Waals surface area contributed by atoms with Crippen LogP contribution in [0, 0.1) is 5.82 Å². The molecule has 7 nitrogen and oxygen atoms in total. The predicted molar refractivity (Wildman–Crippen MR) is 82.7 cm³/mol. The number of rotatable bonds is 3. The van der Waals surface area contributed by atoms with Gasteiger partial charge in [0.25, 0.3) is 5.56 Å². The number of alkyl halides is 3. The SMILES string of the molecule is Cn1c(C(F)(F)F)cc(=O)n(-c2cc(OS(C)(=O)=O)c(Cl)cc2F)c1=O. The fourth-order valence-electron chi connectivity index (χ4n) is 2.04. The summed E-state index contributed by atoms with van der Waals surface area (Å²) in [6.07, 6.45) is -4.33. The molecule has 0 atom stereocenters. The lowest BCUT2D eigenvalue weighted by Gasteiger charge is -2.15. The van der Waals surface area contributed by atoms with Crippen molar-refractivity contribution in [3.05, 3.63) is 55.6 Å². The van der Waals surface area contributed by atoms with Gasteiger partial charge in [-0.05, 0) is 6.07 Å². The minimum atomic E-state index is -4.99. The molecule has 0 N–H and O–H groups in total. The maximum atomic E-state index is 14.2. The molecule has 26 heavy (non-hydrogen) atoms. The Bertz CT molecular complexity index is 1110. The van der Waals surface area contributed by atoms with Crippen LogP contribution >= 0.6 is 11.6 Å². The van der Waals surface area contributed by atoms with Gasteiger partial charge < -0.3 is 4.18 Å². The van der Waals surface area contributed by atoms with Crippen molar-refractivity contribution in [3.63, 3.8) is 0 Å². The largest absolute Gasteiger partial charge is 0.431 e. The van der Waals surface area contributed by atoms with Crippen LogP contribution in [0.15, 0.2) is 27.8 Å². The first kappa shape index (κ1) is 20.0. The van der Waals surface area contributed by atoms with Gasteiger partial charge in [0.1, 0.15) is 11.5 Å². The summed E-state index contributed by atoms with van der Waals surface area (Å²) in [5.41, 5.74) is -5.35. The summed E-state index contributed by atoms with van der Waals surface area (Å²) in [7, 11) is -3.35. The molecule has 2 aromatic rings. The number of aromatic nitrogens is 2. The number of hydrogen-bond acceptors (Lipinski definition) is 5. The van der Waals surface area contributed by atoms with Crippen LogP contribution in [0.5, 0.6) is 5.75 Å². The lowest BCUT2D eigenvalue weighted by molar-refractivity contribution is -0.144. The standard InChI is InChI=1S/C13H9ClF4N2O5S/c1-19-10(13(16,17)18)5-11(21)20(12(19)22)8-4-9(25-26(2,23)24)6(14)3-7(8)15/h3-5H,1-2H3. The zero-order valence-corrected chi connectivity index (χ0v) is 14.5. The van der Waals surface area contributed by atoms with Crippen molar-refractivity contribution in [2.75, 3.05) is 6.26 Å². The van der Waals surface area contributed by atoms with Gasteiger partial charge in [-0.15, -0.1) is 0 Å². The summed E-state index contributed by atoms with van der Waals surface area (Å²) in [6.45, 7) is 0. The van der Waals surface area contributed by atoms with Crippen LogP contribution in [0.1, 0.15) is 5.69 Å². The highest BCUT2D eigenvalue weighted by atomic mass is 35.5. The third kappa shape index (κ3) is 3.90. The van der Waals surface area contributed by atoms with Gasteiger partial charge in [0, 0.05) is 19.2 Å². The molecule has 142 valence electrons. The van der Waals surface area contributed by atoms with E-state index in [2.05, 4.69) is 4.18 Å². The molecular weight excluding hydrogens is 408 g/mol. The average molecular weight is 417 g/mol. The Morgan fingerprint density at radius 1 is 1.15 bits per heavy atom. The smallest absolute Gasteiger partial charge is 0.381 e. The van der Waals surface area contributed by atoms with Crippen molar-refractivity contribution < 1.29 is 30.2 Å². The zero-order chi connectivity index (χ0) is 20.0. The first-order valence-electron chi connectivity index (χ1n) is 6.51. The van der Waals surface area contributed by atoms with E-state index in [0.717, 1.165) is 7.05 Å². The molecule has 0 saturated heterocycles. The topological polar surface area (TPSA) is 87.4 Å². The monoisotopic (exact) mass is 416 g/mol. The maximum Gasteiger partial charge on any atom is 0.431 e. The van der Waals surface area contributed by atoms with Crippen LogP contribution in [0.25, 0.3) is 5.69 Å². The fourth-order valence-corrected chi connectivity index (χ4v) is 2.73. The third-order valence-corrected chi connectivity index (χ3v) is 3.87. The normalized spacial score (nSPS) is 12.3. The summed E-state index contributed by atoms with van der Waals surface area (Å²) in [5.74, 6) is -1.87. The van der Waals surface area contributed by atoms with Crippen molar-refractivity contribution in [1.29, 1.82) is 0 Å². The van der Waals surface area contributed by atoms with E-state index in [9.17, 15) is 35.6 Å². The third-order valence-electron chi connectivity index (χ3n) is 3.09. The van der Waals surface area contributed by atoms with E-state index in [1.165, 1.54) is 0 Å². The van der Waals surface area contributed by atoms with Crippen LogP contribution in [0.3, 0.4) is 0 Å². The lowest BCUT2D eigenvalue weighted by Crippen LogP contribution is -2.41. The maximum absolute atomic E-state index is 14.2. The van der Waals surface area contributed by atoms with E-state index in [-0.39, 0.29) is 15.2 Å². The van der Waals surface area contributed by atoms with Crippen LogP contribution in [0.2, 0.25) is 5.02 Å². The van der Waals surface area contributed by atoms with Crippen molar-refractivity contribution in [2.45, 2.75) is 6.18 Å².